The molecule has 2 aromatic carbocycles. The third kappa shape index (κ3) is 7.43. The fraction of sp³-hybridized carbons (Fsp3) is 0.296. The number of benzene rings is 2. The minimum absolute atomic E-state index is 0.0744. The van der Waals surface area contributed by atoms with E-state index in [0.29, 0.717) is 22.0 Å². The number of ether oxygens (including phenoxy) is 2. The lowest BCUT2D eigenvalue weighted by Crippen LogP contribution is -2.38. The third-order valence-electron chi connectivity index (χ3n) is 6.18. The molecule has 206 valence electrons. The van der Waals surface area contributed by atoms with Crippen molar-refractivity contribution in [2.75, 3.05) is 11.1 Å². The molecule has 2 heterocycles. The number of hydrogen-bond acceptors (Lipinski definition) is 7. The van der Waals surface area contributed by atoms with Gasteiger partial charge in [0.2, 0.25) is 0 Å². The van der Waals surface area contributed by atoms with Gasteiger partial charge in [-0.15, -0.1) is 11.8 Å². The van der Waals surface area contributed by atoms with Gasteiger partial charge in [-0.2, -0.15) is 0 Å². The van der Waals surface area contributed by atoms with Crippen LogP contribution in [0.2, 0.25) is 0 Å². The molecule has 0 bridgehead atoms. The number of carboxylic acid groups (broad SMARTS) is 1. The van der Waals surface area contributed by atoms with Crippen molar-refractivity contribution in [2.45, 2.75) is 40.8 Å². The molecule has 0 saturated carbocycles. The lowest BCUT2D eigenvalue weighted by Gasteiger charge is -2.41. The first-order valence-electron chi connectivity index (χ1n) is 11.9. The fourth-order valence-electron chi connectivity index (χ4n) is 4.10. The van der Waals surface area contributed by atoms with Gasteiger partial charge < -0.3 is 25.0 Å². The van der Waals surface area contributed by atoms with Crippen LogP contribution < -0.4 is 5.32 Å². The molecule has 8 nitrogen and oxygen atoms in total. The number of anilines is 1. The lowest BCUT2D eigenvalue weighted by atomic mass is 9.91. The lowest BCUT2D eigenvalue weighted by molar-refractivity contribution is -0.268. The second-order valence-electron chi connectivity index (χ2n) is 8.87. The summed E-state index contributed by atoms with van der Waals surface area (Å²) in [5.74, 6) is -1.57. The van der Waals surface area contributed by atoms with Crippen LogP contribution in [0.1, 0.15) is 46.4 Å². The fourth-order valence-corrected chi connectivity index (χ4v) is 5.40. The number of aliphatic hydroxyl groups is 1. The number of nitrogens with one attached hydrogen (secondary N) is 1. The van der Waals surface area contributed by atoms with E-state index in [1.807, 2.05) is 31.2 Å². The number of aromatic nitrogens is 1. The van der Waals surface area contributed by atoms with Crippen molar-refractivity contribution in [1.82, 2.24) is 4.98 Å². The molecule has 1 saturated heterocycles. The zero-order valence-electron chi connectivity index (χ0n) is 20.6. The minimum Gasteiger partial charge on any atom is -0.478 e. The normalized spacial score (nSPS) is 21.4. The number of halogens is 3. The number of nitrogens with zero attached hydrogens (tertiary/aromatic N) is 1. The van der Waals surface area contributed by atoms with Crippen molar-refractivity contribution in [3.05, 3.63) is 89.1 Å². The molecule has 4 rings (SSSR count). The molecule has 1 aromatic heterocycles. The summed E-state index contributed by atoms with van der Waals surface area (Å²) in [5.41, 5.74) is 2.81. The third-order valence-corrected chi connectivity index (χ3v) is 7.79. The van der Waals surface area contributed by atoms with E-state index in [2.05, 4.69) is 10.3 Å². The summed E-state index contributed by atoms with van der Waals surface area (Å²) in [6.07, 6.45) is -0.0147. The van der Waals surface area contributed by atoms with Gasteiger partial charge in [0.1, 0.15) is 5.03 Å². The molecule has 39 heavy (non-hydrogen) atoms. The van der Waals surface area contributed by atoms with Crippen LogP contribution in [0.25, 0.3) is 0 Å². The monoisotopic (exact) mass is 610 g/mol. The Balaban J connectivity index is 1.61. The number of alkyl halides is 3. The Morgan fingerprint density at radius 3 is 2.46 bits per heavy atom. The number of hydrogen-bond donors (Lipinski definition) is 3. The molecule has 0 radical (unpaired) electrons. The Hall–Kier alpha value is -2.37. The van der Waals surface area contributed by atoms with Crippen LogP contribution in [0.15, 0.2) is 71.9 Å². The molecule has 0 spiro atoms. The van der Waals surface area contributed by atoms with Crippen LogP contribution in [-0.2, 0) is 20.9 Å². The van der Waals surface area contributed by atoms with E-state index in [1.165, 1.54) is 17.8 Å². The molecule has 4 atom stereocenters. The van der Waals surface area contributed by atoms with Gasteiger partial charge in [-0.05, 0) is 35.4 Å². The van der Waals surface area contributed by atoms with E-state index in [0.717, 1.165) is 11.1 Å². The molecule has 1 amide bonds. The van der Waals surface area contributed by atoms with Crippen LogP contribution in [0, 0.1) is 5.92 Å². The Bertz CT molecular complexity index is 1320. The van der Waals surface area contributed by atoms with E-state index in [4.69, 9.17) is 44.3 Å². The summed E-state index contributed by atoms with van der Waals surface area (Å²) in [4.78, 5) is 28.1. The molecule has 12 heteroatoms. The summed E-state index contributed by atoms with van der Waals surface area (Å²) >= 11 is 18.4. The maximum atomic E-state index is 12.2. The highest BCUT2D eigenvalue weighted by molar-refractivity contribution is 7.99. The smallest absolute Gasteiger partial charge is 0.338 e. The van der Waals surface area contributed by atoms with Gasteiger partial charge in [0.05, 0.1) is 24.4 Å². The average molecular weight is 612 g/mol. The highest BCUT2D eigenvalue weighted by Crippen LogP contribution is 2.43. The maximum Gasteiger partial charge on any atom is 0.338 e. The zero-order chi connectivity index (χ0) is 28.2. The topological polar surface area (TPSA) is 118 Å². The number of rotatable bonds is 8. The van der Waals surface area contributed by atoms with Gasteiger partial charge >= 0.3 is 5.97 Å². The van der Waals surface area contributed by atoms with Gasteiger partial charge in [-0.1, -0.05) is 78.1 Å². The summed E-state index contributed by atoms with van der Waals surface area (Å²) in [6, 6.07) is 17.4. The summed E-state index contributed by atoms with van der Waals surface area (Å²) in [6.45, 7) is 1.93. The predicted molar refractivity (Wildman–Crippen MR) is 150 cm³/mol. The Kier molecular flexibility index (Phi) is 9.77. The molecule has 1 aliphatic rings. The van der Waals surface area contributed by atoms with Gasteiger partial charge in [-0.3, -0.25) is 4.79 Å². The van der Waals surface area contributed by atoms with Gasteiger partial charge in [0, 0.05) is 29.1 Å². The van der Waals surface area contributed by atoms with E-state index < -0.39 is 22.0 Å². The first-order valence-corrected chi connectivity index (χ1v) is 14.0. The quantitative estimate of drug-likeness (QED) is 0.205. The zero-order valence-corrected chi connectivity index (χ0v) is 23.7. The van der Waals surface area contributed by atoms with Crippen LogP contribution in [-0.4, -0.2) is 42.7 Å². The van der Waals surface area contributed by atoms with Crippen molar-refractivity contribution < 1.29 is 29.3 Å². The molecule has 4 unspecified atom stereocenters. The van der Waals surface area contributed by atoms with E-state index in [-0.39, 0.29) is 30.3 Å². The number of carbonyl (C=O) groups is 2. The van der Waals surface area contributed by atoms with Crippen LogP contribution in [0.4, 0.5) is 5.69 Å². The van der Waals surface area contributed by atoms with Crippen LogP contribution in [0.3, 0.4) is 0 Å². The summed E-state index contributed by atoms with van der Waals surface area (Å²) in [5, 5.41) is 21.9. The number of thioether (sulfide) groups is 1. The van der Waals surface area contributed by atoms with E-state index in [1.54, 1.807) is 36.5 Å². The standard InChI is InChI=1S/C27H25Cl3N2O6S/c1-15-21(14-39-23-20(24(34)35)6-3-11-31-23)37-25(38-22(15)17-9-7-16(13-33)8-10-17)18-4-2-5-19(12-18)32-26(36)27(28,29)30/h2-12,15,21-22,25,33H,13-14H2,1H3,(H,32,36)(H,34,35). The molecule has 0 aliphatic carbocycles. The van der Waals surface area contributed by atoms with Crippen LogP contribution in [0.5, 0.6) is 0 Å². The number of carbonyl (C=O) groups excluding carboxylic acids is 1. The molecule has 1 aliphatic heterocycles. The first-order chi connectivity index (χ1) is 18.6. The maximum absolute atomic E-state index is 12.2. The molecule has 1 fully saturated rings. The summed E-state index contributed by atoms with van der Waals surface area (Å²) < 4.78 is 10.7. The van der Waals surface area contributed by atoms with Gasteiger partial charge in [0.25, 0.3) is 9.70 Å². The SMILES string of the molecule is CC1C(CSc2ncccc2C(=O)O)OC(c2cccc(NC(=O)C(Cl)(Cl)Cl)c2)OC1c1ccc(CO)cc1. The summed E-state index contributed by atoms with van der Waals surface area (Å²) in [7, 11) is 0. The second kappa shape index (κ2) is 12.9. The van der Waals surface area contributed by atoms with E-state index in [9.17, 15) is 19.8 Å². The Morgan fingerprint density at radius 1 is 1.05 bits per heavy atom. The second-order valence-corrected chi connectivity index (χ2v) is 12.2. The van der Waals surface area contributed by atoms with E-state index >= 15 is 0 Å². The van der Waals surface area contributed by atoms with Gasteiger partial charge in [-0.25, -0.2) is 9.78 Å². The number of aliphatic hydroxyl groups excluding tert-OH is 1. The molecule has 3 aromatic rings. The Morgan fingerprint density at radius 2 is 1.79 bits per heavy atom. The minimum atomic E-state index is -2.13. The van der Waals surface area contributed by atoms with Crippen molar-refractivity contribution in [3.8, 4) is 0 Å². The number of pyridine rings is 1. The van der Waals surface area contributed by atoms with Crippen molar-refractivity contribution in [2.24, 2.45) is 5.92 Å². The van der Waals surface area contributed by atoms with Crippen molar-refractivity contribution in [1.29, 1.82) is 0 Å². The number of amides is 1. The number of carboxylic acids is 1. The molecule has 3 N–H and O–H groups in total. The Labute approximate surface area is 244 Å². The van der Waals surface area contributed by atoms with Crippen LogP contribution >= 0.6 is 46.6 Å². The van der Waals surface area contributed by atoms with Crippen molar-refractivity contribution >= 4 is 64.1 Å². The average Bonchev–Trinajstić information content (AvgIpc) is 2.92. The highest BCUT2D eigenvalue weighted by atomic mass is 35.6. The highest BCUT2D eigenvalue weighted by Gasteiger charge is 2.39. The first kappa shape index (κ1) is 29.6. The molecular weight excluding hydrogens is 587 g/mol. The van der Waals surface area contributed by atoms with Gasteiger partial charge in [0.15, 0.2) is 6.29 Å². The predicted octanol–water partition coefficient (Wildman–Crippen LogP) is 6.16. The molecular formula is C27H25Cl3N2O6S. The number of aromatic carboxylic acids is 1. The largest absolute Gasteiger partial charge is 0.478 e. The van der Waals surface area contributed by atoms with Crippen molar-refractivity contribution in [3.63, 3.8) is 0 Å².